The number of benzene rings is 1. The van der Waals surface area contributed by atoms with E-state index >= 15 is 0 Å². The summed E-state index contributed by atoms with van der Waals surface area (Å²) in [6.07, 6.45) is 2.74. The summed E-state index contributed by atoms with van der Waals surface area (Å²) in [4.78, 5) is 15.7. The summed E-state index contributed by atoms with van der Waals surface area (Å²) >= 11 is 3.46. The highest BCUT2D eigenvalue weighted by atomic mass is 32.2. The van der Waals surface area contributed by atoms with Crippen molar-refractivity contribution in [2.75, 3.05) is 26.0 Å². The van der Waals surface area contributed by atoms with Gasteiger partial charge in [-0.2, -0.15) is 0 Å². The van der Waals surface area contributed by atoms with Gasteiger partial charge < -0.3 is 15.2 Å². The molecule has 0 amide bonds. The molecular formula is C22H25FN2O3S2. The lowest BCUT2D eigenvalue weighted by atomic mass is 9.97. The summed E-state index contributed by atoms with van der Waals surface area (Å²) in [5, 5.41) is 15.5. The van der Waals surface area contributed by atoms with Gasteiger partial charge in [0.1, 0.15) is 11.6 Å². The molecule has 0 bridgehead atoms. The summed E-state index contributed by atoms with van der Waals surface area (Å²) in [5.41, 5.74) is 1.26. The second-order valence-electron chi connectivity index (χ2n) is 6.88. The Morgan fingerprint density at radius 2 is 2.27 bits per heavy atom. The molecule has 8 heteroatoms. The van der Waals surface area contributed by atoms with Crippen molar-refractivity contribution in [1.29, 1.82) is 0 Å². The second-order valence-corrected chi connectivity index (χ2v) is 9.22. The highest BCUT2D eigenvalue weighted by molar-refractivity contribution is 8.01. The number of carboxylic acid groups (broad SMARTS) is 1. The van der Waals surface area contributed by atoms with Crippen LogP contribution in [-0.4, -0.2) is 42.0 Å². The Bertz CT molecular complexity index is 966. The first-order valence-electron chi connectivity index (χ1n) is 9.79. The first-order chi connectivity index (χ1) is 14.6. The van der Waals surface area contributed by atoms with Gasteiger partial charge in [-0.05, 0) is 54.5 Å². The number of nitrogens with one attached hydrogen (secondary N) is 1. The molecular weight excluding hydrogens is 423 g/mol. The summed E-state index contributed by atoms with van der Waals surface area (Å²) < 4.78 is 20.9. The average Bonchev–Trinajstić information content (AvgIpc) is 3.26. The van der Waals surface area contributed by atoms with E-state index in [-0.39, 0.29) is 5.82 Å². The third kappa shape index (κ3) is 6.17. The van der Waals surface area contributed by atoms with E-state index in [0.29, 0.717) is 48.0 Å². The Kier molecular flexibility index (Phi) is 8.48. The fourth-order valence-corrected chi connectivity index (χ4v) is 5.03. The molecule has 0 aliphatic rings. The minimum atomic E-state index is -0.824. The van der Waals surface area contributed by atoms with Crippen LogP contribution in [0.5, 0.6) is 5.75 Å². The number of thiophene rings is 1. The summed E-state index contributed by atoms with van der Waals surface area (Å²) in [7, 11) is 1.57. The molecule has 0 spiro atoms. The Labute approximate surface area is 183 Å². The lowest BCUT2D eigenvalue weighted by molar-refractivity contribution is -0.141. The van der Waals surface area contributed by atoms with Crippen molar-refractivity contribution in [1.82, 2.24) is 10.3 Å². The number of ether oxygens (including phenoxy) is 1. The normalized spacial score (nSPS) is 12.2. The number of hydrogen-bond donors (Lipinski definition) is 2. The predicted molar refractivity (Wildman–Crippen MR) is 120 cm³/mol. The number of hydrogen-bond acceptors (Lipinski definition) is 6. The number of pyridine rings is 1. The summed E-state index contributed by atoms with van der Waals surface area (Å²) in [5.74, 6) is -0.156. The van der Waals surface area contributed by atoms with Gasteiger partial charge in [0.2, 0.25) is 0 Å². The van der Waals surface area contributed by atoms with Gasteiger partial charge in [-0.3, -0.25) is 9.78 Å². The zero-order chi connectivity index (χ0) is 21.3. The van der Waals surface area contributed by atoms with Crippen LogP contribution in [-0.2, 0) is 11.2 Å². The summed E-state index contributed by atoms with van der Waals surface area (Å²) in [6.45, 7) is 1.16. The van der Waals surface area contributed by atoms with Gasteiger partial charge in [0.05, 0.1) is 29.0 Å². The largest absolute Gasteiger partial charge is 0.497 e. The number of nitrogens with zero attached hydrogens (tertiary/aromatic N) is 1. The van der Waals surface area contributed by atoms with Crippen molar-refractivity contribution >= 4 is 40.0 Å². The lowest BCUT2D eigenvalue weighted by Crippen LogP contribution is -2.30. The zero-order valence-corrected chi connectivity index (χ0v) is 18.4. The Morgan fingerprint density at radius 3 is 3.00 bits per heavy atom. The minimum Gasteiger partial charge on any atom is -0.497 e. The first kappa shape index (κ1) is 22.5. The molecule has 1 aromatic carbocycles. The number of aliphatic carboxylic acids is 1. The third-order valence-electron chi connectivity index (χ3n) is 4.87. The van der Waals surface area contributed by atoms with Gasteiger partial charge in [-0.25, -0.2) is 4.39 Å². The minimum absolute atomic E-state index is 0.369. The van der Waals surface area contributed by atoms with E-state index in [4.69, 9.17) is 4.74 Å². The molecule has 0 aliphatic carbocycles. The van der Waals surface area contributed by atoms with Gasteiger partial charge in [-0.15, -0.1) is 23.1 Å². The molecule has 2 heterocycles. The molecule has 0 radical (unpaired) electrons. The fraction of sp³-hybridized carbons (Fsp3) is 0.364. The molecule has 3 aromatic rings. The van der Waals surface area contributed by atoms with Crippen LogP contribution in [0.3, 0.4) is 0 Å². The number of methoxy groups -OCH3 is 1. The number of carboxylic acids is 1. The number of aryl methyl sites for hydroxylation is 1. The summed E-state index contributed by atoms with van der Waals surface area (Å²) in [6, 6.07) is 9.47. The molecule has 1 atom stereocenters. The van der Waals surface area contributed by atoms with Crippen LogP contribution < -0.4 is 10.1 Å². The molecule has 3 rings (SSSR count). The van der Waals surface area contributed by atoms with E-state index in [1.807, 2.05) is 11.4 Å². The van der Waals surface area contributed by atoms with Crippen molar-refractivity contribution in [3.63, 3.8) is 0 Å². The van der Waals surface area contributed by atoms with Crippen molar-refractivity contribution in [2.45, 2.75) is 23.5 Å². The van der Waals surface area contributed by atoms with Crippen LogP contribution >= 0.6 is 23.1 Å². The van der Waals surface area contributed by atoms with E-state index in [1.54, 1.807) is 48.4 Å². The maximum absolute atomic E-state index is 14.4. The number of halogens is 1. The average molecular weight is 449 g/mol. The number of thioether (sulfide) groups is 1. The molecule has 0 fully saturated rings. The van der Waals surface area contributed by atoms with Gasteiger partial charge in [-0.1, -0.05) is 6.07 Å². The van der Waals surface area contributed by atoms with Crippen LogP contribution in [0, 0.1) is 11.7 Å². The SMILES string of the molecule is COc1ccc2ncc(F)c(CCCC(CNCCSc3cccs3)C(=O)O)c2c1. The van der Waals surface area contributed by atoms with E-state index in [1.165, 1.54) is 10.4 Å². The highest BCUT2D eigenvalue weighted by Crippen LogP contribution is 2.26. The van der Waals surface area contributed by atoms with Gasteiger partial charge in [0.15, 0.2) is 0 Å². The number of carbonyl (C=O) groups is 1. The third-order valence-corrected chi connectivity index (χ3v) is 7.00. The zero-order valence-electron chi connectivity index (χ0n) is 16.8. The second kappa shape index (κ2) is 11.3. The number of aromatic nitrogens is 1. The topological polar surface area (TPSA) is 71.5 Å². The van der Waals surface area contributed by atoms with Crippen LogP contribution in [0.4, 0.5) is 4.39 Å². The van der Waals surface area contributed by atoms with E-state index in [9.17, 15) is 14.3 Å². The quantitative estimate of drug-likeness (QED) is 0.305. The van der Waals surface area contributed by atoms with E-state index in [0.717, 1.165) is 12.3 Å². The molecule has 0 aliphatic heterocycles. The van der Waals surface area contributed by atoms with Crippen molar-refractivity contribution in [3.05, 3.63) is 53.3 Å². The molecule has 2 aromatic heterocycles. The molecule has 160 valence electrons. The van der Waals surface area contributed by atoms with E-state index < -0.39 is 11.9 Å². The highest BCUT2D eigenvalue weighted by Gasteiger charge is 2.18. The van der Waals surface area contributed by atoms with Crippen molar-refractivity contribution in [3.8, 4) is 5.75 Å². The maximum atomic E-state index is 14.4. The first-order valence-corrected chi connectivity index (χ1v) is 11.7. The molecule has 0 saturated carbocycles. The maximum Gasteiger partial charge on any atom is 0.307 e. The Hall–Kier alpha value is -2.16. The van der Waals surface area contributed by atoms with Crippen LogP contribution in [0.2, 0.25) is 0 Å². The molecule has 1 unspecified atom stereocenters. The van der Waals surface area contributed by atoms with Crippen LogP contribution in [0.1, 0.15) is 18.4 Å². The lowest BCUT2D eigenvalue weighted by Gasteiger charge is -2.14. The van der Waals surface area contributed by atoms with Crippen molar-refractivity contribution in [2.24, 2.45) is 5.92 Å². The fourth-order valence-electron chi connectivity index (χ4n) is 3.27. The predicted octanol–water partition coefficient (Wildman–Crippen LogP) is 4.85. The van der Waals surface area contributed by atoms with Crippen molar-refractivity contribution < 1.29 is 19.0 Å². The molecule has 30 heavy (non-hydrogen) atoms. The molecule has 5 nitrogen and oxygen atoms in total. The standard InChI is InChI=1S/C22H25FN2O3S2/c1-28-16-7-8-20-18(12-16)17(19(23)14-25-20)5-2-4-15(22(26)27)13-24-9-11-30-21-6-3-10-29-21/h3,6-8,10,12,14-15,24H,2,4-5,9,11,13H2,1H3,(H,26,27). The van der Waals surface area contributed by atoms with Gasteiger partial charge in [0.25, 0.3) is 0 Å². The molecule has 2 N–H and O–H groups in total. The Balaban J connectivity index is 1.51. The van der Waals surface area contributed by atoms with E-state index in [2.05, 4.69) is 16.4 Å². The molecule has 0 saturated heterocycles. The smallest absolute Gasteiger partial charge is 0.307 e. The number of fused-ring (bicyclic) bond motifs is 1. The number of rotatable bonds is 12. The van der Waals surface area contributed by atoms with Gasteiger partial charge in [0, 0.05) is 24.2 Å². The van der Waals surface area contributed by atoms with Crippen LogP contribution in [0.15, 0.2) is 46.1 Å². The Morgan fingerprint density at radius 1 is 1.40 bits per heavy atom. The van der Waals surface area contributed by atoms with Crippen LogP contribution in [0.25, 0.3) is 10.9 Å². The monoisotopic (exact) mass is 448 g/mol. The van der Waals surface area contributed by atoms with Gasteiger partial charge >= 0.3 is 5.97 Å².